The number of piperazine rings is 1. The molecule has 98 valence electrons. The van der Waals surface area contributed by atoms with Crippen molar-refractivity contribution in [1.29, 1.82) is 0 Å². The number of aromatic nitrogens is 1. The second-order valence-electron chi connectivity index (χ2n) is 5.07. The van der Waals surface area contributed by atoms with E-state index in [0.717, 1.165) is 25.1 Å². The van der Waals surface area contributed by atoms with Crippen LogP contribution in [-0.2, 0) is 11.2 Å². The van der Waals surface area contributed by atoms with Crippen LogP contribution >= 0.6 is 0 Å². The Balaban J connectivity index is 1.87. The molecule has 1 aromatic heterocycles. The Morgan fingerprint density at radius 2 is 2.39 bits per heavy atom. The SMILES string of the molecule is CC1CN(C(=O)CCc2cccnc2)C(C)CN1. The zero-order valence-corrected chi connectivity index (χ0v) is 11.1. The number of rotatable bonds is 3. The molecule has 1 fully saturated rings. The number of hydrogen-bond acceptors (Lipinski definition) is 3. The highest BCUT2D eigenvalue weighted by Gasteiger charge is 2.25. The molecule has 1 saturated heterocycles. The van der Waals surface area contributed by atoms with Crippen molar-refractivity contribution < 1.29 is 4.79 Å². The monoisotopic (exact) mass is 247 g/mol. The van der Waals surface area contributed by atoms with Crippen LogP contribution in [0.5, 0.6) is 0 Å². The van der Waals surface area contributed by atoms with Gasteiger partial charge in [-0.3, -0.25) is 9.78 Å². The third-order valence-electron chi connectivity index (χ3n) is 3.44. The van der Waals surface area contributed by atoms with Gasteiger partial charge in [0.1, 0.15) is 0 Å². The quantitative estimate of drug-likeness (QED) is 0.873. The molecule has 1 aliphatic heterocycles. The van der Waals surface area contributed by atoms with E-state index >= 15 is 0 Å². The molecule has 18 heavy (non-hydrogen) atoms. The molecule has 2 atom stereocenters. The molecule has 0 aromatic carbocycles. The average Bonchev–Trinajstić information content (AvgIpc) is 2.40. The Morgan fingerprint density at radius 1 is 1.56 bits per heavy atom. The van der Waals surface area contributed by atoms with Crippen LogP contribution in [0.2, 0.25) is 0 Å². The van der Waals surface area contributed by atoms with Gasteiger partial charge in [-0.05, 0) is 31.9 Å². The zero-order valence-electron chi connectivity index (χ0n) is 11.1. The van der Waals surface area contributed by atoms with E-state index in [-0.39, 0.29) is 5.91 Å². The number of hydrogen-bond donors (Lipinski definition) is 1. The number of pyridine rings is 1. The van der Waals surface area contributed by atoms with Crippen molar-refractivity contribution >= 4 is 5.91 Å². The number of amides is 1. The standard InChI is InChI=1S/C14H21N3O/c1-11-10-17(12(2)8-16-11)14(18)6-5-13-4-3-7-15-9-13/h3-4,7,9,11-12,16H,5-6,8,10H2,1-2H3. The highest BCUT2D eigenvalue weighted by Crippen LogP contribution is 2.10. The molecule has 1 aliphatic rings. The lowest BCUT2D eigenvalue weighted by atomic mass is 10.1. The first kappa shape index (κ1) is 13.0. The number of nitrogens with one attached hydrogen (secondary N) is 1. The lowest BCUT2D eigenvalue weighted by Crippen LogP contribution is -2.56. The maximum absolute atomic E-state index is 12.2. The summed E-state index contributed by atoms with van der Waals surface area (Å²) in [6, 6.07) is 4.62. The first-order valence-electron chi connectivity index (χ1n) is 6.58. The van der Waals surface area contributed by atoms with Gasteiger partial charge in [-0.1, -0.05) is 6.07 Å². The van der Waals surface area contributed by atoms with Crippen molar-refractivity contribution in [3.8, 4) is 0 Å². The largest absolute Gasteiger partial charge is 0.337 e. The van der Waals surface area contributed by atoms with Crippen LogP contribution < -0.4 is 5.32 Å². The highest BCUT2D eigenvalue weighted by atomic mass is 16.2. The minimum Gasteiger partial charge on any atom is -0.337 e. The van der Waals surface area contributed by atoms with Gasteiger partial charge in [-0.2, -0.15) is 0 Å². The third kappa shape index (κ3) is 3.29. The van der Waals surface area contributed by atoms with Gasteiger partial charge in [-0.15, -0.1) is 0 Å². The van der Waals surface area contributed by atoms with Crippen LogP contribution in [0.25, 0.3) is 0 Å². The molecular formula is C14H21N3O. The van der Waals surface area contributed by atoms with Gasteiger partial charge in [0.15, 0.2) is 0 Å². The first-order valence-corrected chi connectivity index (χ1v) is 6.58. The van der Waals surface area contributed by atoms with Crippen molar-refractivity contribution in [2.75, 3.05) is 13.1 Å². The smallest absolute Gasteiger partial charge is 0.223 e. The molecular weight excluding hydrogens is 226 g/mol. The molecule has 2 rings (SSSR count). The van der Waals surface area contributed by atoms with Gasteiger partial charge in [0.05, 0.1) is 0 Å². The summed E-state index contributed by atoms with van der Waals surface area (Å²) in [6.45, 7) is 5.92. The third-order valence-corrected chi connectivity index (χ3v) is 3.44. The molecule has 1 amide bonds. The fraction of sp³-hybridized carbons (Fsp3) is 0.571. The topological polar surface area (TPSA) is 45.2 Å². The van der Waals surface area contributed by atoms with Crippen molar-refractivity contribution in [3.63, 3.8) is 0 Å². The number of carbonyl (C=O) groups excluding carboxylic acids is 1. The predicted octanol–water partition coefficient (Wildman–Crippen LogP) is 1.22. The summed E-state index contributed by atoms with van der Waals surface area (Å²) in [6.07, 6.45) is 4.93. The Labute approximate surface area is 108 Å². The molecule has 2 unspecified atom stereocenters. The van der Waals surface area contributed by atoms with E-state index in [1.807, 2.05) is 23.2 Å². The number of carbonyl (C=O) groups is 1. The van der Waals surface area contributed by atoms with Crippen LogP contribution in [0.4, 0.5) is 0 Å². The van der Waals surface area contributed by atoms with Crippen molar-refractivity contribution in [1.82, 2.24) is 15.2 Å². The summed E-state index contributed by atoms with van der Waals surface area (Å²) in [5.41, 5.74) is 1.13. The molecule has 0 aliphatic carbocycles. The zero-order chi connectivity index (χ0) is 13.0. The maximum atomic E-state index is 12.2. The summed E-state index contributed by atoms with van der Waals surface area (Å²) in [4.78, 5) is 18.3. The van der Waals surface area contributed by atoms with Crippen molar-refractivity contribution in [2.24, 2.45) is 0 Å². The molecule has 1 N–H and O–H groups in total. The fourth-order valence-electron chi connectivity index (χ4n) is 2.31. The van der Waals surface area contributed by atoms with Crippen LogP contribution in [-0.4, -0.2) is 41.0 Å². The molecule has 0 spiro atoms. The van der Waals surface area contributed by atoms with Gasteiger partial charge in [0.2, 0.25) is 5.91 Å². The average molecular weight is 247 g/mol. The van der Waals surface area contributed by atoms with E-state index < -0.39 is 0 Å². The number of nitrogens with zero attached hydrogens (tertiary/aromatic N) is 2. The number of aryl methyl sites for hydroxylation is 1. The summed E-state index contributed by atoms with van der Waals surface area (Å²) < 4.78 is 0. The normalized spacial score (nSPS) is 24.0. The Morgan fingerprint density at radius 3 is 3.11 bits per heavy atom. The second-order valence-corrected chi connectivity index (χ2v) is 5.07. The minimum absolute atomic E-state index is 0.250. The summed E-state index contributed by atoms with van der Waals surface area (Å²) in [5, 5.41) is 3.39. The van der Waals surface area contributed by atoms with E-state index in [1.165, 1.54) is 0 Å². The van der Waals surface area contributed by atoms with Gasteiger partial charge in [0.25, 0.3) is 0 Å². The van der Waals surface area contributed by atoms with Crippen LogP contribution in [0, 0.1) is 0 Å². The molecule has 4 nitrogen and oxygen atoms in total. The predicted molar refractivity (Wildman–Crippen MR) is 71.2 cm³/mol. The van der Waals surface area contributed by atoms with Gasteiger partial charge < -0.3 is 10.2 Å². The maximum Gasteiger partial charge on any atom is 0.223 e. The summed E-state index contributed by atoms with van der Waals surface area (Å²) in [7, 11) is 0. The molecule has 1 aromatic rings. The van der Waals surface area contributed by atoms with Crippen LogP contribution in [0.15, 0.2) is 24.5 Å². The van der Waals surface area contributed by atoms with Gasteiger partial charge in [0, 0.05) is 44.0 Å². The molecule has 0 saturated carbocycles. The Kier molecular flexibility index (Phi) is 4.31. The molecule has 0 bridgehead atoms. The van der Waals surface area contributed by atoms with Crippen molar-refractivity contribution in [3.05, 3.63) is 30.1 Å². The van der Waals surface area contributed by atoms with Crippen LogP contribution in [0.3, 0.4) is 0 Å². The minimum atomic E-state index is 0.250. The van der Waals surface area contributed by atoms with Crippen molar-refractivity contribution in [2.45, 2.75) is 38.8 Å². The lowest BCUT2D eigenvalue weighted by molar-refractivity contribution is -0.134. The molecule has 4 heteroatoms. The van der Waals surface area contributed by atoms with E-state index in [9.17, 15) is 4.79 Å². The highest BCUT2D eigenvalue weighted by molar-refractivity contribution is 5.77. The van der Waals surface area contributed by atoms with E-state index in [1.54, 1.807) is 6.20 Å². The molecule has 2 heterocycles. The second kappa shape index (κ2) is 5.96. The van der Waals surface area contributed by atoms with E-state index in [0.29, 0.717) is 18.5 Å². The fourth-order valence-corrected chi connectivity index (χ4v) is 2.31. The van der Waals surface area contributed by atoms with E-state index in [4.69, 9.17) is 0 Å². The van der Waals surface area contributed by atoms with Gasteiger partial charge in [-0.25, -0.2) is 0 Å². The van der Waals surface area contributed by atoms with Crippen LogP contribution in [0.1, 0.15) is 25.8 Å². The van der Waals surface area contributed by atoms with E-state index in [2.05, 4.69) is 24.1 Å². The first-order chi connectivity index (χ1) is 8.66. The molecule has 0 radical (unpaired) electrons. The Bertz CT molecular complexity index is 393. The van der Waals surface area contributed by atoms with Gasteiger partial charge >= 0.3 is 0 Å². The Hall–Kier alpha value is -1.42. The lowest BCUT2D eigenvalue weighted by Gasteiger charge is -2.37. The summed E-state index contributed by atoms with van der Waals surface area (Å²) in [5.74, 6) is 0.250. The summed E-state index contributed by atoms with van der Waals surface area (Å²) >= 11 is 0.